The van der Waals surface area contributed by atoms with Crippen LogP contribution in [-0.2, 0) is 16.0 Å². The van der Waals surface area contributed by atoms with Gasteiger partial charge >= 0.3 is 0 Å². The van der Waals surface area contributed by atoms with Gasteiger partial charge in [-0.2, -0.15) is 0 Å². The lowest BCUT2D eigenvalue weighted by molar-refractivity contribution is -0.122. The molecule has 1 atom stereocenters. The molecule has 126 valence electrons. The molecule has 0 spiro atoms. The molecular formula is C18H21N3O3. The first-order valence-corrected chi connectivity index (χ1v) is 8.23. The van der Waals surface area contributed by atoms with Crippen LogP contribution < -0.4 is 15.5 Å². The molecular weight excluding hydrogens is 306 g/mol. The van der Waals surface area contributed by atoms with Crippen molar-refractivity contribution in [3.8, 4) is 0 Å². The van der Waals surface area contributed by atoms with E-state index in [0.29, 0.717) is 31.5 Å². The van der Waals surface area contributed by atoms with Gasteiger partial charge in [0.05, 0.1) is 0 Å². The van der Waals surface area contributed by atoms with Gasteiger partial charge in [-0.3, -0.25) is 14.4 Å². The van der Waals surface area contributed by atoms with Crippen LogP contribution in [-0.4, -0.2) is 36.9 Å². The monoisotopic (exact) mass is 327 g/mol. The summed E-state index contributed by atoms with van der Waals surface area (Å²) < 4.78 is 0. The van der Waals surface area contributed by atoms with Gasteiger partial charge in [0.1, 0.15) is 0 Å². The second-order valence-corrected chi connectivity index (χ2v) is 6.15. The number of fused-ring (bicyclic) bond motifs is 1. The molecule has 0 saturated carbocycles. The highest BCUT2D eigenvalue weighted by molar-refractivity contribution is 6.02. The molecule has 1 saturated heterocycles. The molecule has 0 bridgehead atoms. The van der Waals surface area contributed by atoms with Gasteiger partial charge in [-0.15, -0.1) is 0 Å². The zero-order valence-electron chi connectivity index (χ0n) is 13.5. The molecule has 6 nitrogen and oxygen atoms in total. The Morgan fingerprint density at radius 2 is 2.17 bits per heavy atom. The standard InChI is InChI=1S/C18H21N3O3/c1-2-17(23)21-9-3-4-12-10-13(5-7-15(12)21)18(24)20-14-6-8-16(22)19-11-14/h2,5,7,10,14H,1,3-4,6,8-9,11H2,(H,19,22)(H,20,24). The minimum Gasteiger partial charge on any atom is -0.354 e. The van der Waals surface area contributed by atoms with E-state index in [-0.39, 0.29) is 23.8 Å². The fourth-order valence-corrected chi connectivity index (χ4v) is 3.20. The molecule has 0 aliphatic carbocycles. The summed E-state index contributed by atoms with van der Waals surface area (Å²) in [5.74, 6) is -0.238. The maximum atomic E-state index is 12.4. The molecule has 2 aliphatic heterocycles. The van der Waals surface area contributed by atoms with Crippen LogP contribution in [0, 0.1) is 0 Å². The number of nitrogens with zero attached hydrogens (tertiary/aromatic N) is 1. The number of nitrogens with one attached hydrogen (secondary N) is 2. The SMILES string of the molecule is C=CC(=O)N1CCCc2cc(C(=O)NC3CCC(=O)NC3)ccc21. The molecule has 2 N–H and O–H groups in total. The van der Waals surface area contributed by atoms with E-state index in [0.717, 1.165) is 24.1 Å². The molecule has 1 aromatic carbocycles. The number of benzene rings is 1. The van der Waals surface area contributed by atoms with E-state index in [1.807, 2.05) is 12.1 Å². The van der Waals surface area contributed by atoms with E-state index < -0.39 is 0 Å². The van der Waals surface area contributed by atoms with Crippen molar-refractivity contribution in [1.82, 2.24) is 10.6 Å². The highest BCUT2D eigenvalue weighted by atomic mass is 16.2. The quantitative estimate of drug-likeness (QED) is 0.818. The second kappa shape index (κ2) is 6.86. The topological polar surface area (TPSA) is 78.5 Å². The number of aryl methyl sites for hydroxylation is 1. The number of hydrogen-bond acceptors (Lipinski definition) is 3. The average molecular weight is 327 g/mol. The molecule has 24 heavy (non-hydrogen) atoms. The lowest BCUT2D eigenvalue weighted by Gasteiger charge is -2.29. The van der Waals surface area contributed by atoms with E-state index in [4.69, 9.17) is 0 Å². The molecule has 2 heterocycles. The van der Waals surface area contributed by atoms with Gasteiger partial charge in [0.25, 0.3) is 5.91 Å². The summed E-state index contributed by atoms with van der Waals surface area (Å²) in [6.07, 6.45) is 4.12. The molecule has 3 rings (SSSR count). The summed E-state index contributed by atoms with van der Waals surface area (Å²) in [7, 11) is 0. The number of hydrogen-bond donors (Lipinski definition) is 2. The van der Waals surface area contributed by atoms with E-state index in [1.54, 1.807) is 11.0 Å². The highest BCUT2D eigenvalue weighted by Gasteiger charge is 2.23. The predicted octanol–water partition coefficient (Wildman–Crippen LogP) is 1.16. The predicted molar refractivity (Wildman–Crippen MR) is 90.8 cm³/mol. The maximum Gasteiger partial charge on any atom is 0.251 e. The number of carbonyl (C=O) groups is 3. The summed E-state index contributed by atoms with van der Waals surface area (Å²) in [5.41, 5.74) is 2.44. The first-order chi connectivity index (χ1) is 11.6. The minimum atomic E-state index is -0.147. The third-order valence-corrected chi connectivity index (χ3v) is 4.50. The van der Waals surface area contributed by atoms with E-state index in [1.165, 1.54) is 6.08 Å². The van der Waals surface area contributed by atoms with E-state index in [9.17, 15) is 14.4 Å². The van der Waals surface area contributed by atoms with Crippen molar-refractivity contribution < 1.29 is 14.4 Å². The van der Waals surface area contributed by atoms with Crippen LogP contribution in [0.1, 0.15) is 35.2 Å². The molecule has 6 heteroatoms. The molecule has 0 radical (unpaired) electrons. The Balaban J connectivity index is 1.73. The van der Waals surface area contributed by atoms with Gasteiger partial charge in [-0.1, -0.05) is 6.58 Å². The van der Waals surface area contributed by atoms with Crippen LogP contribution in [0.4, 0.5) is 5.69 Å². The molecule has 1 fully saturated rings. The van der Waals surface area contributed by atoms with Crippen LogP contribution in [0.5, 0.6) is 0 Å². The first kappa shape index (κ1) is 16.2. The van der Waals surface area contributed by atoms with Crippen LogP contribution >= 0.6 is 0 Å². The molecule has 2 aliphatic rings. The van der Waals surface area contributed by atoms with Crippen molar-refractivity contribution in [2.45, 2.75) is 31.7 Å². The van der Waals surface area contributed by atoms with Crippen molar-refractivity contribution in [1.29, 1.82) is 0 Å². The van der Waals surface area contributed by atoms with Crippen molar-refractivity contribution >= 4 is 23.4 Å². The van der Waals surface area contributed by atoms with Crippen molar-refractivity contribution in [3.63, 3.8) is 0 Å². The maximum absolute atomic E-state index is 12.4. The van der Waals surface area contributed by atoms with Gasteiger partial charge in [-0.05, 0) is 49.1 Å². The molecule has 3 amide bonds. The number of carbonyl (C=O) groups excluding carboxylic acids is 3. The van der Waals surface area contributed by atoms with Gasteiger partial charge in [0.2, 0.25) is 11.8 Å². The summed E-state index contributed by atoms with van der Waals surface area (Å²) in [5, 5.41) is 5.71. The highest BCUT2D eigenvalue weighted by Crippen LogP contribution is 2.28. The summed E-state index contributed by atoms with van der Waals surface area (Å²) in [4.78, 5) is 37.2. The van der Waals surface area contributed by atoms with Crippen LogP contribution in [0.15, 0.2) is 30.9 Å². The van der Waals surface area contributed by atoms with Crippen molar-refractivity contribution in [2.75, 3.05) is 18.0 Å². The van der Waals surface area contributed by atoms with E-state index in [2.05, 4.69) is 17.2 Å². The molecule has 1 unspecified atom stereocenters. The van der Waals surface area contributed by atoms with Gasteiger partial charge in [0, 0.05) is 36.8 Å². The lowest BCUT2D eigenvalue weighted by atomic mass is 9.98. The van der Waals surface area contributed by atoms with Crippen molar-refractivity contribution in [3.05, 3.63) is 42.0 Å². The second-order valence-electron chi connectivity index (χ2n) is 6.15. The van der Waals surface area contributed by atoms with E-state index >= 15 is 0 Å². The Kier molecular flexibility index (Phi) is 4.64. The Morgan fingerprint density at radius 1 is 1.33 bits per heavy atom. The fraction of sp³-hybridized carbons (Fsp3) is 0.389. The van der Waals surface area contributed by atoms with Crippen LogP contribution in [0.25, 0.3) is 0 Å². The number of amides is 3. The minimum absolute atomic E-state index is 0.0289. The Morgan fingerprint density at radius 3 is 2.88 bits per heavy atom. The number of anilines is 1. The zero-order chi connectivity index (χ0) is 17.1. The van der Waals surface area contributed by atoms with Gasteiger partial charge < -0.3 is 15.5 Å². The largest absolute Gasteiger partial charge is 0.354 e. The number of rotatable bonds is 3. The third kappa shape index (κ3) is 3.32. The lowest BCUT2D eigenvalue weighted by Crippen LogP contribution is -2.47. The van der Waals surface area contributed by atoms with Gasteiger partial charge in [-0.25, -0.2) is 0 Å². The van der Waals surface area contributed by atoms with Crippen LogP contribution in [0.2, 0.25) is 0 Å². The molecule has 1 aromatic rings. The van der Waals surface area contributed by atoms with Crippen molar-refractivity contribution in [2.24, 2.45) is 0 Å². The first-order valence-electron chi connectivity index (χ1n) is 8.23. The molecule has 0 aromatic heterocycles. The van der Waals surface area contributed by atoms with Crippen LogP contribution in [0.3, 0.4) is 0 Å². The number of piperidine rings is 1. The fourth-order valence-electron chi connectivity index (χ4n) is 3.20. The van der Waals surface area contributed by atoms with Gasteiger partial charge in [0.15, 0.2) is 0 Å². The summed E-state index contributed by atoms with van der Waals surface area (Å²) in [6, 6.07) is 5.39. The average Bonchev–Trinajstić information content (AvgIpc) is 2.62. The Labute approximate surface area is 140 Å². The summed E-state index contributed by atoms with van der Waals surface area (Å²) >= 11 is 0. The smallest absolute Gasteiger partial charge is 0.251 e. The Bertz CT molecular complexity index is 689. The normalized spacial score (nSPS) is 19.9. The third-order valence-electron chi connectivity index (χ3n) is 4.50. The zero-order valence-corrected chi connectivity index (χ0v) is 13.5. The summed E-state index contributed by atoms with van der Waals surface area (Å²) in [6.45, 7) is 4.68. The Hall–Kier alpha value is -2.63.